The third-order valence-corrected chi connectivity index (χ3v) is 3.90. The van der Waals surface area contributed by atoms with Gasteiger partial charge in [0.2, 0.25) is 0 Å². The molecule has 0 aliphatic carbocycles. The van der Waals surface area contributed by atoms with Crippen molar-refractivity contribution < 1.29 is 9.57 Å². The van der Waals surface area contributed by atoms with Gasteiger partial charge in [-0.3, -0.25) is 0 Å². The van der Waals surface area contributed by atoms with Crippen LogP contribution in [0.25, 0.3) is 0 Å². The molecule has 0 bridgehead atoms. The van der Waals surface area contributed by atoms with E-state index in [0.29, 0.717) is 5.56 Å². The summed E-state index contributed by atoms with van der Waals surface area (Å²) >= 11 is 0. The topological polar surface area (TPSA) is 57.8 Å². The number of ether oxygens (including phenoxy) is 1. The summed E-state index contributed by atoms with van der Waals surface area (Å²) in [6.07, 6.45) is 1.68. The van der Waals surface area contributed by atoms with Crippen molar-refractivity contribution in [3.63, 3.8) is 0 Å². The van der Waals surface area contributed by atoms with Gasteiger partial charge < -0.3 is 14.5 Å². The van der Waals surface area contributed by atoms with Crippen molar-refractivity contribution in [2.75, 3.05) is 31.2 Å². The summed E-state index contributed by atoms with van der Waals surface area (Å²) in [5.74, 6) is 0. The minimum atomic E-state index is 0.284. The molecule has 0 spiro atoms. The Bertz CT molecular complexity index is 729. The van der Waals surface area contributed by atoms with E-state index in [-0.39, 0.29) is 6.61 Å². The lowest BCUT2D eigenvalue weighted by atomic mass is 10.1. The summed E-state index contributed by atoms with van der Waals surface area (Å²) in [6, 6.07) is 17.7. The monoisotopic (exact) mass is 321 g/mol. The van der Waals surface area contributed by atoms with Gasteiger partial charge in [0, 0.05) is 24.3 Å². The number of benzene rings is 2. The van der Waals surface area contributed by atoms with Crippen LogP contribution in [0.5, 0.6) is 0 Å². The number of rotatable bonds is 5. The number of anilines is 1. The van der Waals surface area contributed by atoms with Gasteiger partial charge in [-0.25, -0.2) is 0 Å². The number of morpholine rings is 1. The highest BCUT2D eigenvalue weighted by atomic mass is 16.6. The van der Waals surface area contributed by atoms with Crippen LogP contribution in [0.15, 0.2) is 53.7 Å². The molecule has 0 saturated carbocycles. The second-order valence-electron chi connectivity index (χ2n) is 5.47. The van der Waals surface area contributed by atoms with Crippen molar-refractivity contribution in [3.05, 3.63) is 65.2 Å². The molecule has 5 heteroatoms. The van der Waals surface area contributed by atoms with Crippen LogP contribution < -0.4 is 4.90 Å². The van der Waals surface area contributed by atoms with E-state index in [1.165, 1.54) is 5.69 Å². The molecule has 24 heavy (non-hydrogen) atoms. The van der Waals surface area contributed by atoms with Crippen LogP contribution in [-0.4, -0.2) is 32.5 Å². The molecule has 1 saturated heterocycles. The van der Waals surface area contributed by atoms with E-state index in [9.17, 15) is 0 Å². The van der Waals surface area contributed by atoms with Gasteiger partial charge in [-0.05, 0) is 23.8 Å². The summed E-state index contributed by atoms with van der Waals surface area (Å²) in [4.78, 5) is 7.61. The highest BCUT2D eigenvalue weighted by Crippen LogP contribution is 2.16. The van der Waals surface area contributed by atoms with Gasteiger partial charge in [-0.1, -0.05) is 35.5 Å². The molecule has 1 aliphatic rings. The van der Waals surface area contributed by atoms with Crippen molar-refractivity contribution >= 4 is 11.9 Å². The Labute approximate surface area is 141 Å². The first kappa shape index (κ1) is 16.0. The van der Waals surface area contributed by atoms with Gasteiger partial charge >= 0.3 is 0 Å². The SMILES string of the molecule is N#Cc1ccccc1CO/N=C/c1ccc(N2CCOCC2)cc1. The summed E-state index contributed by atoms with van der Waals surface area (Å²) in [5.41, 5.74) is 3.61. The third kappa shape index (κ3) is 4.12. The fourth-order valence-electron chi connectivity index (χ4n) is 2.55. The minimum Gasteiger partial charge on any atom is -0.391 e. The van der Waals surface area contributed by atoms with Crippen LogP contribution in [-0.2, 0) is 16.2 Å². The van der Waals surface area contributed by atoms with Gasteiger partial charge in [0.05, 0.1) is 31.1 Å². The van der Waals surface area contributed by atoms with E-state index >= 15 is 0 Å². The maximum absolute atomic E-state index is 9.03. The minimum absolute atomic E-state index is 0.284. The number of oxime groups is 1. The fourth-order valence-corrected chi connectivity index (χ4v) is 2.55. The molecule has 0 unspecified atom stereocenters. The third-order valence-electron chi connectivity index (χ3n) is 3.90. The summed E-state index contributed by atoms with van der Waals surface area (Å²) < 4.78 is 5.36. The lowest BCUT2D eigenvalue weighted by Crippen LogP contribution is -2.36. The van der Waals surface area contributed by atoms with Crippen LogP contribution in [0.3, 0.4) is 0 Å². The second-order valence-corrected chi connectivity index (χ2v) is 5.47. The van der Waals surface area contributed by atoms with Crippen LogP contribution in [0, 0.1) is 11.3 Å². The molecule has 2 aromatic carbocycles. The van der Waals surface area contributed by atoms with Crippen molar-refractivity contribution in [3.8, 4) is 6.07 Å². The van der Waals surface area contributed by atoms with E-state index in [1.807, 2.05) is 30.3 Å². The van der Waals surface area contributed by atoms with Gasteiger partial charge in [0.15, 0.2) is 0 Å². The highest BCUT2D eigenvalue weighted by Gasteiger charge is 2.10. The number of nitriles is 1. The van der Waals surface area contributed by atoms with Gasteiger partial charge in [0.25, 0.3) is 0 Å². The first-order valence-electron chi connectivity index (χ1n) is 7.93. The van der Waals surface area contributed by atoms with Gasteiger partial charge in [0.1, 0.15) is 6.61 Å². The zero-order chi connectivity index (χ0) is 16.6. The van der Waals surface area contributed by atoms with E-state index < -0.39 is 0 Å². The second kappa shape index (κ2) is 8.14. The molecule has 2 aromatic rings. The molecule has 0 amide bonds. The predicted octanol–water partition coefficient (Wildman–Crippen LogP) is 2.95. The molecule has 0 atom stereocenters. The first-order valence-corrected chi connectivity index (χ1v) is 7.93. The summed E-state index contributed by atoms with van der Waals surface area (Å²) in [7, 11) is 0. The van der Waals surface area contributed by atoms with Crippen LogP contribution >= 0.6 is 0 Å². The normalized spacial score (nSPS) is 14.5. The average Bonchev–Trinajstić information content (AvgIpc) is 2.67. The molecule has 122 valence electrons. The molecular formula is C19H19N3O2. The van der Waals surface area contributed by atoms with Gasteiger partial charge in [-0.2, -0.15) is 5.26 Å². The predicted molar refractivity (Wildman–Crippen MR) is 93.0 cm³/mol. The Kier molecular flexibility index (Phi) is 5.44. The molecule has 1 heterocycles. The Morgan fingerprint density at radius 2 is 1.88 bits per heavy atom. The van der Waals surface area contributed by atoms with Crippen molar-refractivity contribution in [2.24, 2.45) is 5.16 Å². The number of nitrogens with zero attached hydrogens (tertiary/aromatic N) is 3. The van der Waals surface area contributed by atoms with Gasteiger partial charge in [-0.15, -0.1) is 0 Å². The summed E-state index contributed by atoms with van der Waals surface area (Å²) in [6.45, 7) is 3.69. The Morgan fingerprint density at radius 1 is 1.12 bits per heavy atom. The van der Waals surface area contributed by atoms with Crippen molar-refractivity contribution in [2.45, 2.75) is 6.61 Å². The Hall–Kier alpha value is -2.84. The maximum Gasteiger partial charge on any atom is 0.143 e. The largest absolute Gasteiger partial charge is 0.391 e. The zero-order valence-corrected chi connectivity index (χ0v) is 13.4. The van der Waals surface area contributed by atoms with E-state index in [4.69, 9.17) is 14.8 Å². The van der Waals surface area contributed by atoms with E-state index in [0.717, 1.165) is 37.4 Å². The molecule has 1 aliphatic heterocycles. The average molecular weight is 321 g/mol. The lowest BCUT2D eigenvalue weighted by Gasteiger charge is -2.28. The van der Waals surface area contributed by atoms with Crippen LogP contribution in [0.4, 0.5) is 5.69 Å². The van der Waals surface area contributed by atoms with Crippen molar-refractivity contribution in [1.82, 2.24) is 0 Å². The zero-order valence-electron chi connectivity index (χ0n) is 13.4. The smallest absolute Gasteiger partial charge is 0.143 e. The molecule has 0 radical (unpaired) electrons. The Balaban J connectivity index is 1.54. The molecular weight excluding hydrogens is 302 g/mol. The lowest BCUT2D eigenvalue weighted by molar-refractivity contribution is 0.122. The summed E-state index contributed by atoms with van der Waals surface area (Å²) in [5, 5.41) is 13.0. The molecule has 0 aromatic heterocycles. The highest BCUT2D eigenvalue weighted by molar-refractivity contribution is 5.79. The molecule has 5 nitrogen and oxygen atoms in total. The van der Waals surface area contributed by atoms with E-state index in [2.05, 4.69) is 28.3 Å². The standard InChI is InChI=1S/C19H19N3O2/c20-13-17-3-1-2-4-18(17)15-24-21-14-16-5-7-19(8-6-16)22-9-11-23-12-10-22/h1-8,14H,9-12,15H2/b21-14+. The Morgan fingerprint density at radius 3 is 2.62 bits per heavy atom. The number of hydrogen-bond acceptors (Lipinski definition) is 5. The molecule has 0 N–H and O–H groups in total. The quantitative estimate of drug-likeness (QED) is 0.627. The van der Waals surface area contributed by atoms with Crippen LogP contribution in [0.1, 0.15) is 16.7 Å². The maximum atomic E-state index is 9.03. The molecule has 1 fully saturated rings. The number of hydrogen-bond donors (Lipinski definition) is 0. The van der Waals surface area contributed by atoms with Crippen molar-refractivity contribution in [1.29, 1.82) is 5.26 Å². The first-order chi connectivity index (χ1) is 11.9. The fraction of sp³-hybridized carbons (Fsp3) is 0.263. The van der Waals surface area contributed by atoms with Crippen LogP contribution in [0.2, 0.25) is 0 Å². The molecule has 3 rings (SSSR count). The van der Waals surface area contributed by atoms with E-state index in [1.54, 1.807) is 12.3 Å².